The first-order chi connectivity index (χ1) is 10.5. The molecular weight excluding hydrogens is 296 g/mol. The van der Waals surface area contributed by atoms with Gasteiger partial charge in [-0.05, 0) is 56.2 Å². The average molecular weight is 314 g/mol. The molecule has 22 heavy (non-hydrogen) atoms. The Morgan fingerprint density at radius 2 is 1.59 bits per heavy atom. The summed E-state index contributed by atoms with van der Waals surface area (Å²) in [6, 6.07) is 12.9. The van der Waals surface area contributed by atoms with E-state index in [0.29, 0.717) is 5.56 Å². The minimum absolute atomic E-state index is 0.403. The molecule has 2 rings (SSSR count). The number of amides is 2. The summed E-state index contributed by atoms with van der Waals surface area (Å²) in [4.78, 5) is 23.7. The maximum atomic E-state index is 11.9. The van der Waals surface area contributed by atoms with Gasteiger partial charge in [0.05, 0.1) is 0 Å². The molecule has 4 nitrogen and oxygen atoms in total. The number of benzene rings is 2. The molecule has 0 atom stereocenters. The fraction of sp³-hybridized carbons (Fsp3) is 0.176. The SMILES string of the molecule is Cc1ccc(C(=O)NC(=O)SNc2ccc(C)c(C)c2)cc1. The summed E-state index contributed by atoms with van der Waals surface area (Å²) in [7, 11) is 0. The molecule has 2 N–H and O–H groups in total. The van der Waals surface area contributed by atoms with Gasteiger partial charge in [0.15, 0.2) is 0 Å². The van der Waals surface area contributed by atoms with Crippen LogP contribution >= 0.6 is 11.9 Å². The minimum atomic E-state index is -0.441. The van der Waals surface area contributed by atoms with Gasteiger partial charge in [-0.25, -0.2) is 0 Å². The molecule has 114 valence electrons. The van der Waals surface area contributed by atoms with Gasteiger partial charge in [-0.3, -0.25) is 14.9 Å². The van der Waals surface area contributed by atoms with Crippen LogP contribution in [-0.4, -0.2) is 11.1 Å². The molecule has 0 unspecified atom stereocenters. The molecular formula is C17H18N2O2S. The van der Waals surface area contributed by atoms with Crippen molar-refractivity contribution in [1.29, 1.82) is 0 Å². The van der Waals surface area contributed by atoms with Gasteiger partial charge < -0.3 is 4.72 Å². The van der Waals surface area contributed by atoms with Gasteiger partial charge in [-0.15, -0.1) is 0 Å². The zero-order valence-electron chi connectivity index (χ0n) is 12.8. The largest absolute Gasteiger partial charge is 0.322 e. The third kappa shape index (κ3) is 4.36. The highest BCUT2D eigenvalue weighted by Crippen LogP contribution is 2.17. The topological polar surface area (TPSA) is 58.2 Å². The molecule has 0 radical (unpaired) electrons. The Balaban J connectivity index is 1.88. The summed E-state index contributed by atoms with van der Waals surface area (Å²) < 4.78 is 2.93. The van der Waals surface area contributed by atoms with Crippen molar-refractivity contribution in [2.75, 3.05) is 4.72 Å². The Morgan fingerprint density at radius 1 is 0.909 bits per heavy atom. The molecule has 2 aromatic carbocycles. The van der Waals surface area contributed by atoms with E-state index in [1.165, 1.54) is 5.56 Å². The molecule has 0 aliphatic carbocycles. The lowest BCUT2D eigenvalue weighted by atomic mass is 10.1. The molecule has 0 aliphatic heterocycles. The van der Waals surface area contributed by atoms with E-state index in [4.69, 9.17) is 0 Å². The Labute approximate surface area is 134 Å². The van der Waals surface area contributed by atoms with Crippen molar-refractivity contribution in [3.8, 4) is 0 Å². The number of carbonyl (C=O) groups excluding carboxylic acids is 2. The van der Waals surface area contributed by atoms with Crippen LogP contribution in [0.15, 0.2) is 42.5 Å². The van der Waals surface area contributed by atoms with Crippen molar-refractivity contribution in [3.63, 3.8) is 0 Å². The zero-order chi connectivity index (χ0) is 16.1. The third-order valence-electron chi connectivity index (χ3n) is 3.30. The van der Waals surface area contributed by atoms with Crippen LogP contribution in [0.3, 0.4) is 0 Å². The van der Waals surface area contributed by atoms with E-state index in [9.17, 15) is 9.59 Å². The quantitative estimate of drug-likeness (QED) is 0.833. The molecule has 0 fully saturated rings. The highest BCUT2D eigenvalue weighted by molar-refractivity contribution is 8.14. The van der Waals surface area contributed by atoms with Gasteiger partial charge in [0.2, 0.25) is 0 Å². The Morgan fingerprint density at radius 3 is 2.23 bits per heavy atom. The molecule has 2 amide bonds. The fourth-order valence-electron chi connectivity index (χ4n) is 1.81. The first-order valence-electron chi connectivity index (χ1n) is 6.88. The number of aryl methyl sites for hydroxylation is 3. The smallest absolute Gasteiger partial charge is 0.306 e. The minimum Gasteiger partial charge on any atom is -0.322 e. The fourth-order valence-corrected chi connectivity index (χ4v) is 2.29. The third-order valence-corrected chi connectivity index (χ3v) is 3.92. The summed E-state index contributed by atoms with van der Waals surface area (Å²) >= 11 is 0.849. The second kappa shape index (κ2) is 7.13. The zero-order valence-corrected chi connectivity index (χ0v) is 13.6. The summed E-state index contributed by atoms with van der Waals surface area (Å²) in [5.74, 6) is -0.403. The van der Waals surface area contributed by atoms with Crippen LogP contribution in [0.1, 0.15) is 27.0 Å². The number of imide groups is 1. The second-order valence-electron chi connectivity index (χ2n) is 5.11. The maximum absolute atomic E-state index is 11.9. The van der Waals surface area contributed by atoms with Crippen molar-refractivity contribution >= 4 is 28.8 Å². The van der Waals surface area contributed by atoms with Crippen LogP contribution < -0.4 is 10.0 Å². The summed E-state index contributed by atoms with van der Waals surface area (Å²) in [5.41, 5.74) is 4.68. The van der Waals surface area contributed by atoms with Gasteiger partial charge >= 0.3 is 5.24 Å². The lowest BCUT2D eigenvalue weighted by Gasteiger charge is -2.08. The molecule has 0 aromatic heterocycles. The van der Waals surface area contributed by atoms with Crippen LogP contribution in [0, 0.1) is 20.8 Å². The Bertz CT molecular complexity index is 696. The lowest BCUT2D eigenvalue weighted by molar-refractivity contribution is 0.0969. The number of hydrogen-bond donors (Lipinski definition) is 2. The molecule has 0 aliphatic rings. The van der Waals surface area contributed by atoms with E-state index >= 15 is 0 Å². The van der Waals surface area contributed by atoms with E-state index in [2.05, 4.69) is 10.0 Å². The van der Waals surface area contributed by atoms with E-state index in [1.807, 2.05) is 51.1 Å². The molecule has 0 saturated heterocycles. The Kier molecular flexibility index (Phi) is 5.22. The van der Waals surface area contributed by atoms with Crippen LogP contribution in [0.25, 0.3) is 0 Å². The van der Waals surface area contributed by atoms with Crippen molar-refractivity contribution in [3.05, 3.63) is 64.7 Å². The molecule has 0 saturated carbocycles. The van der Waals surface area contributed by atoms with Gasteiger partial charge in [-0.2, -0.15) is 0 Å². The second-order valence-corrected chi connectivity index (χ2v) is 5.89. The summed E-state index contributed by atoms with van der Waals surface area (Å²) in [6.07, 6.45) is 0. The average Bonchev–Trinajstić information content (AvgIpc) is 2.49. The Hall–Kier alpha value is -2.27. The molecule has 0 bridgehead atoms. The van der Waals surface area contributed by atoms with E-state index < -0.39 is 11.1 Å². The predicted octanol–water partition coefficient (Wildman–Crippen LogP) is 4.22. The van der Waals surface area contributed by atoms with Gasteiger partial charge in [0.25, 0.3) is 5.91 Å². The van der Waals surface area contributed by atoms with Crippen LogP contribution in [0.5, 0.6) is 0 Å². The van der Waals surface area contributed by atoms with E-state index in [0.717, 1.165) is 28.8 Å². The van der Waals surface area contributed by atoms with E-state index in [1.54, 1.807) is 12.1 Å². The summed E-state index contributed by atoms with van der Waals surface area (Å²) in [6.45, 7) is 5.97. The number of anilines is 1. The van der Waals surface area contributed by atoms with Crippen LogP contribution in [0.2, 0.25) is 0 Å². The van der Waals surface area contributed by atoms with Gasteiger partial charge in [0, 0.05) is 23.2 Å². The van der Waals surface area contributed by atoms with Crippen molar-refractivity contribution in [1.82, 2.24) is 5.32 Å². The number of rotatable bonds is 3. The normalized spacial score (nSPS) is 10.1. The summed E-state index contributed by atoms with van der Waals surface area (Å²) in [5, 5.41) is 1.89. The lowest BCUT2D eigenvalue weighted by Crippen LogP contribution is -2.27. The van der Waals surface area contributed by atoms with E-state index in [-0.39, 0.29) is 0 Å². The van der Waals surface area contributed by atoms with Crippen molar-refractivity contribution in [2.24, 2.45) is 0 Å². The van der Waals surface area contributed by atoms with Crippen LogP contribution in [-0.2, 0) is 0 Å². The molecule has 0 heterocycles. The highest BCUT2D eigenvalue weighted by Gasteiger charge is 2.10. The van der Waals surface area contributed by atoms with Crippen molar-refractivity contribution < 1.29 is 9.59 Å². The molecule has 0 spiro atoms. The predicted molar refractivity (Wildman–Crippen MR) is 91.2 cm³/mol. The first kappa shape index (κ1) is 16.1. The highest BCUT2D eigenvalue weighted by atomic mass is 32.2. The van der Waals surface area contributed by atoms with Crippen LogP contribution in [0.4, 0.5) is 10.5 Å². The number of nitrogens with one attached hydrogen (secondary N) is 2. The molecule has 5 heteroatoms. The first-order valence-corrected chi connectivity index (χ1v) is 7.69. The number of hydrogen-bond acceptors (Lipinski definition) is 4. The molecule has 2 aromatic rings. The number of carbonyl (C=O) groups is 2. The van der Waals surface area contributed by atoms with Gasteiger partial charge in [0.1, 0.15) is 0 Å². The monoisotopic (exact) mass is 314 g/mol. The standard InChI is InChI=1S/C17H18N2O2S/c1-11-4-7-14(8-5-11)16(20)18-17(21)22-19-15-9-6-12(2)13(3)10-15/h4-10,19H,1-3H3,(H,18,20,21). The van der Waals surface area contributed by atoms with Crippen molar-refractivity contribution in [2.45, 2.75) is 20.8 Å². The maximum Gasteiger partial charge on any atom is 0.306 e. The van der Waals surface area contributed by atoms with Gasteiger partial charge in [-0.1, -0.05) is 23.8 Å².